The molecule has 3 nitrogen and oxygen atoms in total. The zero-order valence-electron chi connectivity index (χ0n) is 10.5. The van der Waals surface area contributed by atoms with Crippen molar-refractivity contribution in [1.82, 2.24) is 4.90 Å². The van der Waals surface area contributed by atoms with E-state index in [-0.39, 0.29) is 6.10 Å². The number of rotatable bonds is 4. The van der Waals surface area contributed by atoms with Gasteiger partial charge in [0.25, 0.3) is 0 Å². The zero-order chi connectivity index (χ0) is 11.3. The number of hydrogen-bond acceptors (Lipinski definition) is 3. The third-order valence-electron chi connectivity index (χ3n) is 2.82. The summed E-state index contributed by atoms with van der Waals surface area (Å²) in [6, 6.07) is 0.623. The SMILES string of the molecule is CC(C)OCC1CCN(C(C)C)CCO1. The van der Waals surface area contributed by atoms with Crippen molar-refractivity contribution in [2.24, 2.45) is 0 Å². The van der Waals surface area contributed by atoms with Gasteiger partial charge in [0.2, 0.25) is 0 Å². The molecule has 0 aliphatic carbocycles. The Morgan fingerprint density at radius 2 is 2.00 bits per heavy atom. The number of hydrogen-bond donors (Lipinski definition) is 0. The van der Waals surface area contributed by atoms with Crippen LogP contribution in [-0.2, 0) is 9.47 Å². The molecule has 1 fully saturated rings. The van der Waals surface area contributed by atoms with Crippen LogP contribution in [0.5, 0.6) is 0 Å². The van der Waals surface area contributed by atoms with E-state index in [9.17, 15) is 0 Å². The Hall–Kier alpha value is -0.120. The molecule has 90 valence electrons. The lowest BCUT2D eigenvalue weighted by Crippen LogP contribution is -2.33. The molecule has 0 aromatic carbocycles. The summed E-state index contributed by atoms with van der Waals surface area (Å²) in [5, 5.41) is 0. The zero-order valence-corrected chi connectivity index (χ0v) is 10.5. The second kappa shape index (κ2) is 6.46. The molecule has 15 heavy (non-hydrogen) atoms. The molecule has 1 saturated heterocycles. The highest BCUT2D eigenvalue weighted by molar-refractivity contribution is 4.70. The van der Waals surface area contributed by atoms with Crippen LogP contribution in [-0.4, -0.2) is 49.5 Å². The Bertz CT molecular complexity index is 171. The maximum Gasteiger partial charge on any atom is 0.0821 e. The fraction of sp³-hybridized carbons (Fsp3) is 1.00. The van der Waals surface area contributed by atoms with Crippen molar-refractivity contribution >= 4 is 0 Å². The fourth-order valence-corrected chi connectivity index (χ4v) is 1.79. The van der Waals surface area contributed by atoms with Crippen LogP contribution >= 0.6 is 0 Å². The molecule has 1 atom stereocenters. The van der Waals surface area contributed by atoms with Crippen LogP contribution in [0, 0.1) is 0 Å². The van der Waals surface area contributed by atoms with Gasteiger partial charge in [-0.15, -0.1) is 0 Å². The molecule has 3 heteroatoms. The maximum absolute atomic E-state index is 5.77. The molecule has 1 heterocycles. The quantitative estimate of drug-likeness (QED) is 0.715. The highest BCUT2D eigenvalue weighted by Gasteiger charge is 2.19. The monoisotopic (exact) mass is 215 g/mol. The van der Waals surface area contributed by atoms with Gasteiger partial charge in [0, 0.05) is 19.1 Å². The third-order valence-corrected chi connectivity index (χ3v) is 2.82. The smallest absolute Gasteiger partial charge is 0.0821 e. The van der Waals surface area contributed by atoms with Gasteiger partial charge in [-0.3, -0.25) is 4.90 Å². The summed E-state index contributed by atoms with van der Waals surface area (Å²) < 4.78 is 11.4. The Labute approximate surface area is 93.7 Å². The van der Waals surface area contributed by atoms with E-state index in [1.165, 1.54) is 0 Å². The number of ether oxygens (including phenoxy) is 2. The van der Waals surface area contributed by atoms with Gasteiger partial charge in [0.1, 0.15) is 0 Å². The minimum Gasteiger partial charge on any atom is -0.376 e. The van der Waals surface area contributed by atoms with Crippen LogP contribution in [0.1, 0.15) is 34.1 Å². The van der Waals surface area contributed by atoms with E-state index in [4.69, 9.17) is 9.47 Å². The molecule has 1 unspecified atom stereocenters. The largest absolute Gasteiger partial charge is 0.376 e. The summed E-state index contributed by atoms with van der Waals surface area (Å²) in [5.41, 5.74) is 0. The van der Waals surface area contributed by atoms with Crippen molar-refractivity contribution in [1.29, 1.82) is 0 Å². The van der Waals surface area contributed by atoms with Gasteiger partial charge in [0.05, 0.1) is 25.4 Å². The molecule has 0 aromatic rings. The van der Waals surface area contributed by atoms with Gasteiger partial charge in [-0.25, -0.2) is 0 Å². The molecule has 0 saturated carbocycles. The van der Waals surface area contributed by atoms with Gasteiger partial charge >= 0.3 is 0 Å². The molecule has 0 aromatic heterocycles. The molecular formula is C12H25NO2. The van der Waals surface area contributed by atoms with Crippen molar-refractivity contribution in [2.75, 3.05) is 26.3 Å². The lowest BCUT2D eigenvalue weighted by atomic mass is 10.2. The molecule has 1 rings (SSSR count). The Morgan fingerprint density at radius 3 is 2.60 bits per heavy atom. The van der Waals surface area contributed by atoms with Crippen LogP contribution in [0.3, 0.4) is 0 Å². The highest BCUT2D eigenvalue weighted by atomic mass is 16.5. The van der Waals surface area contributed by atoms with E-state index in [0.717, 1.165) is 32.7 Å². The van der Waals surface area contributed by atoms with Crippen molar-refractivity contribution in [2.45, 2.75) is 52.4 Å². The highest BCUT2D eigenvalue weighted by Crippen LogP contribution is 2.10. The number of nitrogens with zero attached hydrogens (tertiary/aromatic N) is 1. The van der Waals surface area contributed by atoms with E-state index in [1.807, 2.05) is 0 Å². The fourth-order valence-electron chi connectivity index (χ4n) is 1.79. The predicted molar refractivity (Wildman–Crippen MR) is 62.2 cm³/mol. The Balaban J connectivity index is 2.26. The van der Waals surface area contributed by atoms with E-state index in [2.05, 4.69) is 32.6 Å². The van der Waals surface area contributed by atoms with E-state index >= 15 is 0 Å². The van der Waals surface area contributed by atoms with Crippen molar-refractivity contribution in [3.8, 4) is 0 Å². The Morgan fingerprint density at radius 1 is 1.27 bits per heavy atom. The second-order valence-electron chi connectivity index (χ2n) is 4.79. The third kappa shape index (κ3) is 4.96. The molecule has 1 aliphatic heterocycles. The first-order valence-electron chi connectivity index (χ1n) is 6.07. The summed E-state index contributed by atoms with van der Waals surface area (Å²) in [6.07, 6.45) is 1.68. The van der Waals surface area contributed by atoms with Gasteiger partial charge in [-0.2, -0.15) is 0 Å². The lowest BCUT2D eigenvalue weighted by molar-refractivity contribution is -0.0300. The van der Waals surface area contributed by atoms with Crippen LogP contribution in [0.15, 0.2) is 0 Å². The lowest BCUT2D eigenvalue weighted by Gasteiger charge is -2.23. The van der Waals surface area contributed by atoms with Gasteiger partial charge in [0.15, 0.2) is 0 Å². The molecule has 0 N–H and O–H groups in total. The molecule has 1 aliphatic rings. The van der Waals surface area contributed by atoms with Crippen LogP contribution in [0.4, 0.5) is 0 Å². The van der Waals surface area contributed by atoms with Crippen molar-refractivity contribution in [3.63, 3.8) is 0 Å². The minimum atomic E-state index is 0.288. The first-order chi connectivity index (χ1) is 7.09. The predicted octanol–water partition coefficient (Wildman–Crippen LogP) is 1.91. The van der Waals surface area contributed by atoms with Gasteiger partial charge in [-0.05, 0) is 34.1 Å². The molecule has 0 bridgehead atoms. The Kier molecular flexibility index (Phi) is 5.58. The molecule has 0 radical (unpaired) electrons. The van der Waals surface area contributed by atoms with Gasteiger partial charge in [-0.1, -0.05) is 0 Å². The first kappa shape index (κ1) is 12.9. The maximum atomic E-state index is 5.77. The van der Waals surface area contributed by atoms with Crippen LogP contribution in [0.2, 0.25) is 0 Å². The minimum absolute atomic E-state index is 0.288. The van der Waals surface area contributed by atoms with E-state index < -0.39 is 0 Å². The van der Waals surface area contributed by atoms with Crippen molar-refractivity contribution < 1.29 is 9.47 Å². The van der Waals surface area contributed by atoms with E-state index in [0.29, 0.717) is 12.1 Å². The summed E-state index contributed by atoms with van der Waals surface area (Å²) in [7, 11) is 0. The molecule has 0 amide bonds. The average molecular weight is 215 g/mol. The molecule has 0 spiro atoms. The average Bonchev–Trinajstić information content (AvgIpc) is 2.39. The van der Waals surface area contributed by atoms with Crippen LogP contribution < -0.4 is 0 Å². The standard InChI is InChI=1S/C12H25NO2/c1-10(2)13-6-5-12(14-8-7-13)9-15-11(3)4/h10-12H,5-9H2,1-4H3. The van der Waals surface area contributed by atoms with Crippen LogP contribution in [0.25, 0.3) is 0 Å². The normalized spacial score (nSPS) is 24.8. The first-order valence-corrected chi connectivity index (χ1v) is 6.07. The summed E-state index contributed by atoms with van der Waals surface area (Å²) in [5.74, 6) is 0. The van der Waals surface area contributed by atoms with Gasteiger partial charge < -0.3 is 9.47 Å². The second-order valence-corrected chi connectivity index (χ2v) is 4.79. The summed E-state index contributed by atoms with van der Waals surface area (Å²) in [6.45, 7) is 12.4. The van der Waals surface area contributed by atoms with Crippen molar-refractivity contribution in [3.05, 3.63) is 0 Å². The topological polar surface area (TPSA) is 21.7 Å². The summed E-state index contributed by atoms with van der Waals surface area (Å²) in [4.78, 5) is 2.47. The summed E-state index contributed by atoms with van der Waals surface area (Å²) >= 11 is 0. The molecular weight excluding hydrogens is 190 g/mol. The van der Waals surface area contributed by atoms with E-state index in [1.54, 1.807) is 0 Å².